The van der Waals surface area contributed by atoms with Gasteiger partial charge in [0.05, 0.1) is 26.3 Å². The van der Waals surface area contributed by atoms with Gasteiger partial charge in [0.15, 0.2) is 0 Å². The van der Waals surface area contributed by atoms with Crippen LogP contribution in [0, 0.1) is 0 Å². The number of carbonyl (C=O) groups is 12. The highest BCUT2D eigenvalue weighted by molar-refractivity contribution is 5.96. The minimum Gasteiger partial charge on any atom is -0.469 e. The van der Waals surface area contributed by atoms with Crippen LogP contribution in [0.5, 0.6) is 0 Å². The first kappa shape index (κ1) is 97.6. The molecule has 5 atom stereocenters. The van der Waals surface area contributed by atoms with Crippen molar-refractivity contribution < 1.29 is 95.4 Å². The highest BCUT2D eigenvalue weighted by Crippen LogP contribution is 2.12. The van der Waals surface area contributed by atoms with Crippen molar-refractivity contribution in [3.8, 4) is 0 Å². The van der Waals surface area contributed by atoms with Crippen LogP contribution in [-0.2, 0) is 91.3 Å². The Balaban J connectivity index is 0.000000716. The Hall–Kier alpha value is -9.46. The lowest BCUT2D eigenvalue weighted by Crippen LogP contribution is -2.51. The molecule has 109 heavy (non-hydrogen) atoms. The van der Waals surface area contributed by atoms with E-state index in [9.17, 15) is 57.5 Å². The van der Waals surface area contributed by atoms with Gasteiger partial charge in [-0.25, -0.2) is 33.6 Å². The molecule has 3 aliphatic heterocycles. The molecular formula is C78H125N11O20. The summed E-state index contributed by atoms with van der Waals surface area (Å²) < 4.78 is 37.8. The standard InChI is InChI=1S/C26H42N4O6.C20H33N3O3.C15H18N2O5.C7H9NO5.C6H15N.C4H8O/c1-3-4-5-10-17-28-25(33)22(30-24(32)21(27)15-16-23(31)35-2)14-9-11-18-29-26(34)36-19-20-12-7-6-8-13-20;1-2-3-4-9-14-22-19(24)18(21)13-8-10-15-23-20(25)26-16-17-11-6-5-7-12-17;18-13-12(17-15(20)22-13)8-4-5-9-16-14(19)21-10-11-6-2-1-3-7-11;1-12-5(9)3-2-4-6(10)13-7(11)8-4;1-2-3-4-5-6-7;1-2-4-5-3-1/h6-8,12-13,21-22H,3-5,9-11,14-19,27H2,1-2H3,(H,28,33)(H,29,34)(H,30,32);5-7,11-12,18H,2-4,8-10,13-16,21H2,1H3,(H,22,24)(H,23,25);1-3,6-7,12H,4-5,8-10H2,(H,16,19)(H,17,20);4H,2-3H2,1H3,(H,8,11);2-7H2,1H3;1-4H2. The topological polar surface area (TPSA) is 453 Å². The van der Waals surface area contributed by atoms with E-state index in [-0.39, 0.29) is 57.3 Å². The fraction of sp³-hybridized carbons (Fsp3) is 0.615. The van der Waals surface area contributed by atoms with Crippen LogP contribution in [0.25, 0.3) is 0 Å². The van der Waals surface area contributed by atoms with Crippen LogP contribution < -0.4 is 59.7 Å². The largest absolute Gasteiger partial charge is 0.469 e. The van der Waals surface area contributed by atoms with Gasteiger partial charge in [-0.05, 0) is 126 Å². The van der Waals surface area contributed by atoms with Crippen molar-refractivity contribution in [2.45, 2.75) is 244 Å². The third-order valence-electron chi connectivity index (χ3n) is 16.4. The van der Waals surface area contributed by atoms with Gasteiger partial charge in [-0.15, -0.1) is 0 Å². The number of methoxy groups -OCH3 is 2. The van der Waals surface area contributed by atoms with Gasteiger partial charge in [0.2, 0.25) is 17.7 Å². The van der Waals surface area contributed by atoms with Crippen LogP contribution in [-0.4, -0.2) is 169 Å². The van der Waals surface area contributed by atoms with Gasteiger partial charge in [-0.2, -0.15) is 0 Å². The van der Waals surface area contributed by atoms with Crippen LogP contribution in [0.15, 0.2) is 91.0 Å². The molecule has 0 aromatic heterocycles. The zero-order valence-electron chi connectivity index (χ0n) is 64.8. The summed E-state index contributed by atoms with van der Waals surface area (Å²) in [5.74, 6) is -2.91. The molecule has 14 N–H and O–H groups in total. The van der Waals surface area contributed by atoms with Gasteiger partial charge in [0.1, 0.15) is 37.9 Å². The normalized spacial score (nSPS) is 14.4. The molecule has 6 rings (SSSR count). The van der Waals surface area contributed by atoms with E-state index in [4.69, 9.17) is 36.1 Å². The van der Waals surface area contributed by atoms with Gasteiger partial charge in [-0.3, -0.25) is 24.0 Å². The van der Waals surface area contributed by atoms with Crippen molar-refractivity contribution in [2.24, 2.45) is 17.2 Å². The molecule has 3 aromatic carbocycles. The lowest BCUT2D eigenvalue weighted by molar-refractivity contribution is -0.142. The number of alkyl carbamates (subject to hydrolysis) is 5. The highest BCUT2D eigenvalue weighted by atomic mass is 16.6. The monoisotopic (exact) mass is 1540 g/mol. The zero-order chi connectivity index (χ0) is 80.3. The third kappa shape index (κ3) is 53.9. The summed E-state index contributed by atoms with van der Waals surface area (Å²) in [5, 5.41) is 21.2. The van der Waals surface area contributed by atoms with Gasteiger partial charge in [0, 0.05) is 58.8 Å². The molecule has 0 spiro atoms. The molecule has 3 aromatic rings. The Bertz CT molecular complexity index is 2980. The summed E-state index contributed by atoms with van der Waals surface area (Å²) in [4.78, 5) is 137. The number of hydrogen-bond donors (Lipinski definition) is 11. The number of nitrogens with one attached hydrogen (secondary N) is 8. The molecule has 0 radical (unpaired) electrons. The van der Waals surface area contributed by atoms with Crippen LogP contribution >= 0.6 is 0 Å². The van der Waals surface area contributed by atoms with Crippen molar-refractivity contribution in [2.75, 3.05) is 66.7 Å². The number of unbranched alkanes of at least 4 members (excludes halogenated alkanes) is 12. The molecule has 3 fully saturated rings. The predicted molar refractivity (Wildman–Crippen MR) is 410 cm³/mol. The Kier molecular flexibility index (Phi) is 58.7. The second-order valence-corrected chi connectivity index (χ2v) is 25.6. The summed E-state index contributed by atoms with van der Waals surface area (Å²) in [6.07, 6.45) is 19.5. The maximum Gasteiger partial charge on any atom is 0.415 e. The van der Waals surface area contributed by atoms with Crippen LogP contribution in [0.1, 0.15) is 211 Å². The Morgan fingerprint density at radius 1 is 0.440 bits per heavy atom. The number of esters is 4. The number of rotatable bonds is 45. The van der Waals surface area contributed by atoms with E-state index >= 15 is 0 Å². The molecule has 5 unspecified atom stereocenters. The van der Waals surface area contributed by atoms with Gasteiger partial charge in [-0.1, -0.05) is 170 Å². The fourth-order valence-electron chi connectivity index (χ4n) is 9.91. The van der Waals surface area contributed by atoms with Crippen molar-refractivity contribution in [1.82, 2.24) is 42.5 Å². The second kappa shape index (κ2) is 65.6. The molecular weight excluding hydrogens is 1410 g/mol. The molecule has 3 heterocycles. The van der Waals surface area contributed by atoms with E-state index in [0.29, 0.717) is 77.7 Å². The van der Waals surface area contributed by atoms with E-state index in [2.05, 4.69) is 82.3 Å². The Morgan fingerprint density at radius 2 is 0.817 bits per heavy atom. The highest BCUT2D eigenvalue weighted by Gasteiger charge is 2.33. The number of nitrogens with two attached hydrogens (primary N) is 3. The van der Waals surface area contributed by atoms with Crippen molar-refractivity contribution in [3.63, 3.8) is 0 Å². The Morgan fingerprint density at radius 3 is 1.21 bits per heavy atom. The average Bonchev–Trinajstić information content (AvgIpc) is 1.88. The maximum atomic E-state index is 12.7. The SMILES string of the molecule is C1CCOC1.CCCCCCN.CCCCCCNC(=O)C(CCCCNC(=O)OCc1ccccc1)NC(=O)C(N)CCC(=O)OC.CCCCCCNC(=O)C(N)CCCCNC(=O)OCc1ccccc1.COC(=O)CCC1NC(=O)OC1=O.O=C(NCCCCC1NC(=O)OC1=O)OCc1ccccc1. The number of carbonyl (C=O) groups excluding carboxylic acids is 12. The summed E-state index contributed by atoms with van der Waals surface area (Å²) in [7, 11) is 2.53. The van der Waals surface area contributed by atoms with Crippen LogP contribution in [0.4, 0.5) is 24.0 Å². The van der Waals surface area contributed by atoms with Crippen molar-refractivity contribution in [1.29, 1.82) is 0 Å². The number of cyclic esters (lactones) is 4. The van der Waals surface area contributed by atoms with E-state index < -0.39 is 90.5 Å². The summed E-state index contributed by atoms with van der Waals surface area (Å²) in [6, 6.07) is 24.9. The van der Waals surface area contributed by atoms with Crippen molar-refractivity contribution >= 4 is 72.1 Å². The first-order valence-corrected chi connectivity index (χ1v) is 38.4. The van der Waals surface area contributed by atoms with Crippen molar-refractivity contribution in [3.05, 3.63) is 108 Å². The van der Waals surface area contributed by atoms with E-state index in [1.807, 2.05) is 91.0 Å². The zero-order valence-corrected chi connectivity index (χ0v) is 64.8. The first-order chi connectivity index (χ1) is 52.7. The van der Waals surface area contributed by atoms with Crippen LogP contribution in [0.3, 0.4) is 0 Å². The third-order valence-corrected chi connectivity index (χ3v) is 16.4. The molecule has 31 nitrogen and oxygen atoms in total. The van der Waals surface area contributed by atoms with E-state index in [1.54, 1.807) is 0 Å². The van der Waals surface area contributed by atoms with Gasteiger partial charge in [0.25, 0.3) is 0 Å². The number of benzene rings is 3. The number of ether oxygens (including phenoxy) is 8. The van der Waals surface area contributed by atoms with E-state index in [0.717, 1.165) is 87.8 Å². The Labute approximate surface area is 643 Å². The molecule has 0 saturated carbocycles. The molecule has 3 saturated heterocycles. The van der Waals surface area contributed by atoms with Gasteiger partial charge >= 0.3 is 54.3 Å². The average molecular weight is 1540 g/mol. The lowest BCUT2D eigenvalue weighted by atomic mass is 10.1. The second-order valence-electron chi connectivity index (χ2n) is 25.6. The minimum absolute atomic E-state index is 0.0193. The fourth-order valence-corrected chi connectivity index (χ4v) is 9.91. The molecule has 0 bridgehead atoms. The number of hydrogen-bond acceptors (Lipinski definition) is 23. The lowest BCUT2D eigenvalue weighted by Gasteiger charge is -2.21. The first-order valence-electron chi connectivity index (χ1n) is 38.4. The smallest absolute Gasteiger partial charge is 0.415 e. The summed E-state index contributed by atoms with van der Waals surface area (Å²) in [6.45, 7) is 12.6. The van der Waals surface area contributed by atoms with Crippen LogP contribution in [0.2, 0.25) is 0 Å². The quantitative estimate of drug-likeness (QED) is 0.0109. The van der Waals surface area contributed by atoms with Gasteiger partial charge < -0.3 is 97.6 Å². The number of amides is 8. The predicted octanol–water partition coefficient (Wildman–Crippen LogP) is 9.27. The molecule has 0 aliphatic carbocycles. The van der Waals surface area contributed by atoms with E-state index in [1.165, 1.54) is 65.6 Å². The maximum absolute atomic E-state index is 12.7. The molecule has 8 amide bonds. The molecule has 31 heteroatoms. The molecule has 3 aliphatic rings. The summed E-state index contributed by atoms with van der Waals surface area (Å²) >= 11 is 0. The summed E-state index contributed by atoms with van der Waals surface area (Å²) in [5.41, 5.74) is 19.8. The minimum atomic E-state index is -0.926. The molecule has 612 valence electrons.